The summed E-state index contributed by atoms with van der Waals surface area (Å²) in [6.07, 6.45) is 0. The number of benzene rings is 2. The molecule has 0 aliphatic heterocycles. The van der Waals surface area contributed by atoms with E-state index in [-0.39, 0.29) is 5.56 Å². The zero-order valence-electron chi connectivity index (χ0n) is 15.2. The SMILES string of the molecule is Cc1cc(=O)n(Cc2ccccc2C#N)c2c1c(C)nn2-c1ccccc1. The van der Waals surface area contributed by atoms with Gasteiger partial charge >= 0.3 is 0 Å². The molecule has 0 saturated carbocycles. The topological polar surface area (TPSA) is 63.6 Å². The Morgan fingerprint density at radius 2 is 1.74 bits per heavy atom. The van der Waals surface area contributed by atoms with Crippen LogP contribution in [0.15, 0.2) is 65.5 Å². The van der Waals surface area contributed by atoms with Crippen LogP contribution in [0.2, 0.25) is 0 Å². The van der Waals surface area contributed by atoms with Crippen LogP contribution in [0.4, 0.5) is 0 Å². The lowest BCUT2D eigenvalue weighted by Gasteiger charge is -2.13. The lowest BCUT2D eigenvalue weighted by atomic mass is 10.1. The van der Waals surface area contributed by atoms with Crippen molar-refractivity contribution in [1.29, 1.82) is 5.26 Å². The minimum Gasteiger partial charge on any atom is -0.288 e. The molecule has 0 fully saturated rings. The fourth-order valence-electron chi connectivity index (χ4n) is 3.51. The van der Waals surface area contributed by atoms with Gasteiger partial charge in [0.2, 0.25) is 0 Å². The van der Waals surface area contributed by atoms with Crippen molar-refractivity contribution in [3.8, 4) is 11.8 Å². The molecule has 4 aromatic rings. The monoisotopic (exact) mass is 354 g/mol. The Balaban J connectivity index is 2.03. The average Bonchev–Trinajstić information content (AvgIpc) is 3.03. The first kappa shape index (κ1) is 16.8. The second-order valence-electron chi connectivity index (χ2n) is 6.55. The van der Waals surface area contributed by atoms with Crippen molar-refractivity contribution in [2.45, 2.75) is 20.4 Å². The third-order valence-corrected chi connectivity index (χ3v) is 4.76. The van der Waals surface area contributed by atoms with Gasteiger partial charge in [-0.1, -0.05) is 36.4 Å². The van der Waals surface area contributed by atoms with E-state index in [0.29, 0.717) is 12.1 Å². The number of para-hydroxylation sites is 1. The summed E-state index contributed by atoms with van der Waals surface area (Å²) in [7, 11) is 0. The predicted octanol–water partition coefficient (Wildman–Crippen LogP) is 3.72. The van der Waals surface area contributed by atoms with E-state index < -0.39 is 0 Å². The largest absolute Gasteiger partial charge is 0.288 e. The van der Waals surface area contributed by atoms with Crippen molar-refractivity contribution in [3.05, 3.63) is 93.4 Å². The normalized spacial score (nSPS) is 10.9. The van der Waals surface area contributed by atoms with Gasteiger partial charge in [0.25, 0.3) is 5.56 Å². The first-order chi connectivity index (χ1) is 13.1. The maximum absolute atomic E-state index is 12.9. The highest BCUT2D eigenvalue weighted by Gasteiger charge is 2.17. The summed E-state index contributed by atoms with van der Waals surface area (Å²) in [5.74, 6) is 0. The first-order valence-electron chi connectivity index (χ1n) is 8.73. The number of pyridine rings is 1. The maximum Gasteiger partial charge on any atom is 0.252 e. The Bertz CT molecular complexity index is 1240. The molecule has 0 unspecified atom stereocenters. The van der Waals surface area contributed by atoms with Crippen LogP contribution in [0.3, 0.4) is 0 Å². The van der Waals surface area contributed by atoms with Gasteiger partial charge in [0.05, 0.1) is 29.6 Å². The molecule has 0 amide bonds. The highest BCUT2D eigenvalue weighted by molar-refractivity contribution is 5.83. The Hall–Kier alpha value is -3.65. The molecule has 0 N–H and O–H groups in total. The molecule has 27 heavy (non-hydrogen) atoms. The Labute approximate surface area is 156 Å². The molecule has 2 heterocycles. The van der Waals surface area contributed by atoms with E-state index >= 15 is 0 Å². The second-order valence-corrected chi connectivity index (χ2v) is 6.55. The summed E-state index contributed by atoms with van der Waals surface area (Å²) < 4.78 is 3.51. The third kappa shape index (κ3) is 2.81. The zero-order chi connectivity index (χ0) is 19.0. The van der Waals surface area contributed by atoms with E-state index in [2.05, 4.69) is 6.07 Å². The molecule has 0 atom stereocenters. The summed E-state index contributed by atoms with van der Waals surface area (Å²) in [5.41, 5.74) is 4.68. The Morgan fingerprint density at radius 1 is 1.04 bits per heavy atom. The van der Waals surface area contributed by atoms with E-state index in [4.69, 9.17) is 5.10 Å². The first-order valence-corrected chi connectivity index (χ1v) is 8.73. The molecule has 5 heteroatoms. The highest BCUT2D eigenvalue weighted by atomic mass is 16.1. The zero-order valence-corrected chi connectivity index (χ0v) is 15.2. The second kappa shape index (κ2) is 6.58. The molecule has 0 radical (unpaired) electrons. The van der Waals surface area contributed by atoms with E-state index in [1.165, 1.54) is 0 Å². The Morgan fingerprint density at radius 3 is 2.48 bits per heavy atom. The van der Waals surface area contributed by atoms with E-state index in [1.807, 2.05) is 67.1 Å². The lowest BCUT2D eigenvalue weighted by Crippen LogP contribution is -2.23. The molecule has 0 spiro atoms. The van der Waals surface area contributed by atoms with E-state index in [9.17, 15) is 10.1 Å². The molecule has 5 nitrogen and oxygen atoms in total. The van der Waals surface area contributed by atoms with Gasteiger partial charge < -0.3 is 0 Å². The van der Waals surface area contributed by atoms with Crippen LogP contribution in [0.1, 0.15) is 22.4 Å². The smallest absolute Gasteiger partial charge is 0.252 e. The number of nitrogens with zero attached hydrogens (tertiary/aromatic N) is 4. The van der Waals surface area contributed by atoms with Crippen LogP contribution in [0.5, 0.6) is 0 Å². The highest BCUT2D eigenvalue weighted by Crippen LogP contribution is 2.24. The van der Waals surface area contributed by atoms with Crippen LogP contribution in [0.25, 0.3) is 16.7 Å². The molecule has 2 aromatic heterocycles. The van der Waals surface area contributed by atoms with Gasteiger partial charge in [0, 0.05) is 11.5 Å². The van der Waals surface area contributed by atoms with Gasteiger partial charge in [-0.15, -0.1) is 0 Å². The van der Waals surface area contributed by atoms with Crippen LogP contribution in [0, 0.1) is 25.2 Å². The van der Waals surface area contributed by atoms with E-state index in [0.717, 1.165) is 33.5 Å². The summed E-state index contributed by atoms with van der Waals surface area (Å²) in [5, 5.41) is 15.1. The standard InChI is InChI=1S/C22H18N4O/c1-15-12-20(27)25(14-18-9-7-6-8-17(18)13-23)22-21(15)16(2)24-26(22)19-10-4-3-5-11-19/h3-12H,14H2,1-2H3. The number of aromatic nitrogens is 3. The summed E-state index contributed by atoms with van der Waals surface area (Å²) in [6.45, 7) is 4.20. The molecule has 4 rings (SSSR count). The van der Waals surface area contributed by atoms with Crippen molar-refractivity contribution in [2.75, 3.05) is 0 Å². The molecule has 132 valence electrons. The maximum atomic E-state index is 12.9. The molecule has 0 aliphatic rings. The number of hydrogen-bond donors (Lipinski definition) is 0. The molecule has 2 aromatic carbocycles. The Kier molecular flexibility index (Phi) is 4.09. The minimum atomic E-state index is -0.107. The van der Waals surface area contributed by atoms with Gasteiger partial charge in [-0.05, 0) is 43.2 Å². The van der Waals surface area contributed by atoms with Crippen molar-refractivity contribution >= 4 is 11.0 Å². The van der Waals surface area contributed by atoms with Gasteiger partial charge in [0.15, 0.2) is 0 Å². The van der Waals surface area contributed by atoms with E-state index in [1.54, 1.807) is 16.7 Å². The van der Waals surface area contributed by atoms with Crippen LogP contribution in [-0.2, 0) is 6.54 Å². The van der Waals surface area contributed by atoms with Crippen LogP contribution >= 0.6 is 0 Å². The molecular formula is C22H18N4O. The third-order valence-electron chi connectivity index (χ3n) is 4.76. The molecular weight excluding hydrogens is 336 g/mol. The fraction of sp³-hybridized carbons (Fsp3) is 0.136. The quantitative estimate of drug-likeness (QED) is 0.563. The molecule has 0 saturated heterocycles. The van der Waals surface area contributed by atoms with Crippen molar-refractivity contribution in [2.24, 2.45) is 0 Å². The fourth-order valence-corrected chi connectivity index (χ4v) is 3.51. The number of fused-ring (bicyclic) bond motifs is 1. The predicted molar refractivity (Wildman–Crippen MR) is 105 cm³/mol. The van der Waals surface area contributed by atoms with Crippen molar-refractivity contribution < 1.29 is 0 Å². The molecule has 0 bridgehead atoms. The summed E-state index contributed by atoms with van der Waals surface area (Å²) in [6, 6.07) is 21.0. The van der Waals surface area contributed by atoms with Gasteiger partial charge in [-0.3, -0.25) is 9.36 Å². The molecule has 0 aliphatic carbocycles. The van der Waals surface area contributed by atoms with Crippen molar-refractivity contribution in [3.63, 3.8) is 0 Å². The van der Waals surface area contributed by atoms with Gasteiger partial charge in [0.1, 0.15) is 5.65 Å². The van der Waals surface area contributed by atoms with Gasteiger partial charge in [-0.25, -0.2) is 4.68 Å². The number of rotatable bonds is 3. The van der Waals surface area contributed by atoms with Gasteiger partial charge in [-0.2, -0.15) is 10.4 Å². The van der Waals surface area contributed by atoms with Crippen molar-refractivity contribution in [1.82, 2.24) is 14.3 Å². The average molecular weight is 354 g/mol. The number of nitriles is 1. The summed E-state index contributed by atoms with van der Waals surface area (Å²) in [4.78, 5) is 12.9. The number of aryl methyl sites for hydroxylation is 2. The lowest BCUT2D eigenvalue weighted by molar-refractivity contribution is 0.749. The van der Waals surface area contributed by atoms with Crippen LogP contribution < -0.4 is 5.56 Å². The van der Waals surface area contributed by atoms with Crippen LogP contribution in [-0.4, -0.2) is 14.3 Å². The minimum absolute atomic E-state index is 0.107. The number of hydrogen-bond acceptors (Lipinski definition) is 3. The summed E-state index contributed by atoms with van der Waals surface area (Å²) >= 11 is 0.